The summed E-state index contributed by atoms with van der Waals surface area (Å²) in [5, 5.41) is 0. The van der Waals surface area contributed by atoms with Crippen molar-refractivity contribution in [2.45, 2.75) is 76.0 Å². The summed E-state index contributed by atoms with van der Waals surface area (Å²) in [4.78, 5) is 2.80. The summed E-state index contributed by atoms with van der Waals surface area (Å²) in [5.41, 5.74) is 3.88. The SMILES string of the molecule is c1ccc2c(c1)CCC21CCN(CC2CCCCCCC2)CC1. The normalized spacial score (nSPS) is 25.9. The van der Waals surface area contributed by atoms with Crippen molar-refractivity contribution in [1.29, 1.82) is 0 Å². The molecule has 0 N–H and O–H groups in total. The van der Waals surface area contributed by atoms with Gasteiger partial charge in [-0.3, -0.25) is 0 Å². The zero-order valence-electron chi connectivity index (χ0n) is 14.7. The second kappa shape index (κ2) is 6.97. The smallest absolute Gasteiger partial charge is 0.000967 e. The van der Waals surface area contributed by atoms with Gasteiger partial charge in [0, 0.05) is 6.54 Å². The van der Waals surface area contributed by atoms with Crippen LogP contribution < -0.4 is 0 Å². The molecule has 126 valence electrons. The minimum absolute atomic E-state index is 0.536. The van der Waals surface area contributed by atoms with Gasteiger partial charge in [-0.25, -0.2) is 0 Å². The number of piperidine rings is 1. The first-order chi connectivity index (χ1) is 11.4. The molecule has 1 spiro atoms. The Hall–Kier alpha value is -0.820. The molecule has 0 radical (unpaired) electrons. The van der Waals surface area contributed by atoms with Crippen LogP contribution in [0.5, 0.6) is 0 Å². The average molecular weight is 312 g/mol. The molecule has 1 saturated heterocycles. The van der Waals surface area contributed by atoms with Crippen molar-refractivity contribution in [3.8, 4) is 0 Å². The molecule has 2 fully saturated rings. The molecule has 1 aromatic rings. The number of nitrogens with zero attached hydrogens (tertiary/aromatic N) is 1. The Balaban J connectivity index is 1.34. The molecule has 1 aliphatic heterocycles. The minimum Gasteiger partial charge on any atom is -0.303 e. The van der Waals surface area contributed by atoms with E-state index < -0.39 is 0 Å². The van der Waals surface area contributed by atoms with Crippen molar-refractivity contribution >= 4 is 0 Å². The molecule has 4 rings (SSSR count). The van der Waals surface area contributed by atoms with E-state index >= 15 is 0 Å². The number of hydrogen-bond donors (Lipinski definition) is 0. The van der Waals surface area contributed by atoms with Crippen LogP contribution in [-0.2, 0) is 11.8 Å². The van der Waals surface area contributed by atoms with Crippen LogP contribution in [0.4, 0.5) is 0 Å². The molecule has 0 atom stereocenters. The lowest BCUT2D eigenvalue weighted by molar-refractivity contribution is 0.131. The number of fused-ring (bicyclic) bond motifs is 2. The summed E-state index contributed by atoms with van der Waals surface area (Å²) in [6, 6.07) is 9.27. The molecule has 3 aliphatic rings. The Morgan fingerprint density at radius 2 is 1.57 bits per heavy atom. The molecule has 1 heterocycles. The molecule has 1 nitrogen and oxygen atoms in total. The summed E-state index contributed by atoms with van der Waals surface area (Å²) in [6.45, 7) is 4.06. The second-order valence-electron chi connectivity index (χ2n) is 8.45. The maximum Gasteiger partial charge on any atom is 0.000967 e. The van der Waals surface area contributed by atoms with E-state index in [1.54, 1.807) is 11.1 Å². The predicted molar refractivity (Wildman–Crippen MR) is 97.9 cm³/mol. The molecule has 1 aromatic carbocycles. The molecule has 2 aliphatic carbocycles. The van der Waals surface area contributed by atoms with Crippen LogP contribution in [0.2, 0.25) is 0 Å². The number of benzene rings is 1. The largest absolute Gasteiger partial charge is 0.303 e. The van der Waals surface area contributed by atoms with Crippen LogP contribution in [0.25, 0.3) is 0 Å². The Morgan fingerprint density at radius 1 is 0.870 bits per heavy atom. The maximum absolute atomic E-state index is 2.80. The van der Waals surface area contributed by atoms with E-state index in [2.05, 4.69) is 29.2 Å². The van der Waals surface area contributed by atoms with E-state index in [9.17, 15) is 0 Å². The van der Waals surface area contributed by atoms with E-state index in [-0.39, 0.29) is 0 Å². The van der Waals surface area contributed by atoms with Crippen LogP contribution in [0, 0.1) is 5.92 Å². The van der Waals surface area contributed by atoms with Crippen LogP contribution >= 0.6 is 0 Å². The van der Waals surface area contributed by atoms with E-state index in [0.717, 1.165) is 5.92 Å². The first-order valence-electron chi connectivity index (χ1n) is 10.2. The highest BCUT2D eigenvalue weighted by Crippen LogP contribution is 2.46. The zero-order valence-corrected chi connectivity index (χ0v) is 14.7. The number of aryl methyl sites for hydroxylation is 1. The second-order valence-corrected chi connectivity index (χ2v) is 8.45. The lowest BCUT2D eigenvalue weighted by atomic mass is 9.73. The van der Waals surface area contributed by atoms with Crippen molar-refractivity contribution in [3.63, 3.8) is 0 Å². The Labute approximate surface area is 142 Å². The minimum atomic E-state index is 0.536. The van der Waals surface area contributed by atoms with Crippen molar-refractivity contribution < 1.29 is 0 Å². The van der Waals surface area contributed by atoms with Gasteiger partial charge in [0.05, 0.1) is 0 Å². The highest BCUT2D eigenvalue weighted by Gasteiger charge is 2.40. The predicted octanol–water partition coefficient (Wildman–Crippen LogP) is 5.33. The molecule has 0 unspecified atom stereocenters. The topological polar surface area (TPSA) is 3.24 Å². The molecule has 0 bridgehead atoms. The van der Waals surface area contributed by atoms with Gasteiger partial charge in [0.15, 0.2) is 0 Å². The van der Waals surface area contributed by atoms with Crippen LogP contribution in [0.15, 0.2) is 24.3 Å². The third-order valence-corrected chi connectivity index (χ3v) is 7.02. The van der Waals surface area contributed by atoms with Gasteiger partial charge >= 0.3 is 0 Å². The zero-order chi connectivity index (χ0) is 15.5. The Kier molecular flexibility index (Phi) is 4.76. The number of likely N-dealkylation sites (tertiary alicyclic amines) is 1. The van der Waals surface area contributed by atoms with Crippen molar-refractivity contribution in [1.82, 2.24) is 4.90 Å². The van der Waals surface area contributed by atoms with Gasteiger partial charge in [0.2, 0.25) is 0 Å². The third-order valence-electron chi connectivity index (χ3n) is 7.02. The van der Waals surface area contributed by atoms with Crippen LogP contribution in [0.3, 0.4) is 0 Å². The Morgan fingerprint density at radius 3 is 2.35 bits per heavy atom. The molecule has 0 aromatic heterocycles. The monoisotopic (exact) mass is 311 g/mol. The molecular weight excluding hydrogens is 278 g/mol. The van der Waals surface area contributed by atoms with Gasteiger partial charge in [-0.2, -0.15) is 0 Å². The van der Waals surface area contributed by atoms with Gasteiger partial charge in [-0.05, 0) is 74.1 Å². The van der Waals surface area contributed by atoms with Crippen molar-refractivity contribution in [2.75, 3.05) is 19.6 Å². The van der Waals surface area contributed by atoms with E-state index in [4.69, 9.17) is 0 Å². The first-order valence-corrected chi connectivity index (χ1v) is 10.2. The van der Waals surface area contributed by atoms with Gasteiger partial charge in [0.1, 0.15) is 0 Å². The molecular formula is C22H33N. The van der Waals surface area contributed by atoms with Crippen LogP contribution in [-0.4, -0.2) is 24.5 Å². The summed E-state index contributed by atoms with van der Waals surface area (Å²) in [5.74, 6) is 0.986. The molecule has 1 saturated carbocycles. The lowest BCUT2D eigenvalue weighted by Crippen LogP contribution is -2.43. The fourth-order valence-electron chi connectivity index (χ4n) is 5.54. The van der Waals surface area contributed by atoms with Gasteiger partial charge < -0.3 is 4.90 Å². The molecule has 1 heteroatoms. The summed E-state index contributed by atoms with van der Waals surface area (Å²) in [7, 11) is 0. The quantitative estimate of drug-likeness (QED) is 0.714. The third kappa shape index (κ3) is 3.36. The Bertz CT molecular complexity index is 504. The fourth-order valence-corrected chi connectivity index (χ4v) is 5.54. The number of rotatable bonds is 2. The average Bonchev–Trinajstić information content (AvgIpc) is 2.91. The van der Waals surface area contributed by atoms with Crippen molar-refractivity contribution in [2.24, 2.45) is 5.92 Å². The van der Waals surface area contributed by atoms with Gasteiger partial charge in [-0.15, -0.1) is 0 Å². The summed E-state index contributed by atoms with van der Waals surface area (Å²) >= 11 is 0. The fraction of sp³-hybridized carbons (Fsp3) is 0.727. The molecule has 23 heavy (non-hydrogen) atoms. The molecule has 0 amide bonds. The highest BCUT2D eigenvalue weighted by molar-refractivity contribution is 5.39. The van der Waals surface area contributed by atoms with Crippen molar-refractivity contribution in [3.05, 3.63) is 35.4 Å². The highest BCUT2D eigenvalue weighted by atomic mass is 15.1. The van der Waals surface area contributed by atoms with Gasteiger partial charge in [0.25, 0.3) is 0 Å². The van der Waals surface area contributed by atoms with E-state index in [1.165, 1.54) is 90.3 Å². The maximum atomic E-state index is 2.80. The van der Waals surface area contributed by atoms with E-state index in [1.807, 2.05) is 0 Å². The summed E-state index contributed by atoms with van der Waals surface area (Å²) in [6.07, 6.45) is 15.9. The first kappa shape index (κ1) is 15.7. The standard InChI is InChI=1S/C22H33N/c1-2-4-8-19(9-5-3-1)18-23-16-14-22(15-17-23)13-12-20-10-6-7-11-21(20)22/h6-7,10-11,19H,1-5,8-9,12-18H2. The van der Waals surface area contributed by atoms with Gasteiger partial charge in [-0.1, -0.05) is 56.4 Å². The summed E-state index contributed by atoms with van der Waals surface area (Å²) < 4.78 is 0. The van der Waals surface area contributed by atoms with Crippen LogP contribution in [0.1, 0.15) is 75.3 Å². The number of hydrogen-bond acceptors (Lipinski definition) is 1. The lowest BCUT2D eigenvalue weighted by Gasteiger charge is -2.41. The van der Waals surface area contributed by atoms with E-state index in [0.29, 0.717) is 5.41 Å².